The van der Waals surface area contributed by atoms with Crippen LogP contribution >= 0.6 is 11.3 Å². The number of hydrogen-bond donors (Lipinski definition) is 1. The molecule has 0 amide bonds. The molecule has 2 aromatic rings. The number of thiophene rings is 1. The third kappa shape index (κ3) is 2.67. The zero-order valence-electron chi connectivity index (χ0n) is 12.4. The van der Waals surface area contributed by atoms with Gasteiger partial charge in [0.2, 0.25) is 0 Å². The Labute approximate surface area is 125 Å². The largest absolute Gasteiger partial charge is 0.306 e. The number of nitrogens with one attached hydrogen (secondary N) is 1. The van der Waals surface area contributed by atoms with Crippen LogP contribution in [-0.4, -0.2) is 16.3 Å². The van der Waals surface area contributed by atoms with Gasteiger partial charge < -0.3 is 5.32 Å². The summed E-state index contributed by atoms with van der Waals surface area (Å²) in [5.74, 6) is 0. The van der Waals surface area contributed by atoms with Gasteiger partial charge in [-0.05, 0) is 50.8 Å². The molecule has 108 valence electrons. The van der Waals surface area contributed by atoms with Gasteiger partial charge in [0.25, 0.3) is 0 Å². The van der Waals surface area contributed by atoms with Crippen molar-refractivity contribution in [3.05, 3.63) is 39.3 Å². The van der Waals surface area contributed by atoms with E-state index in [0.717, 1.165) is 19.5 Å². The van der Waals surface area contributed by atoms with Crippen LogP contribution in [0.3, 0.4) is 0 Å². The van der Waals surface area contributed by atoms with Gasteiger partial charge in [-0.3, -0.25) is 4.68 Å². The Hall–Kier alpha value is -1.13. The predicted molar refractivity (Wildman–Crippen MR) is 84.4 cm³/mol. The lowest BCUT2D eigenvalue weighted by molar-refractivity contribution is 0.603. The Kier molecular flexibility index (Phi) is 4.22. The molecule has 0 saturated carbocycles. The van der Waals surface area contributed by atoms with Gasteiger partial charge in [-0.1, -0.05) is 6.92 Å². The van der Waals surface area contributed by atoms with Crippen molar-refractivity contribution < 1.29 is 0 Å². The fourth-order valence-electron chi connectivity index (χ4n) is 2.87. The topological polar surface area (TPSA) is 29.9 Å². The Morgan fingerprint density at radius 1 is 1.40 bits per heavy atom. The molecule has 0 radical (unpaired) electrons. The smallest absolute Gasteiger partial charge is 0.0702 e. The molecule has 3 nitrogen and oxygen atoms in total. The van der Waals surface area contributed by atoms with Gasteiger partial charge in [-0.25, -0.2) is 0 Å². The van der Waals surface area contributed by atoms with Crippen molar-refractivity contribution >= 4 is 11.3 Å². The molecule has 1 unspecified atom stereocenters. The predicted octanol–water partition coefficient (Wildman–Crippen LogP) is 3.54. The summed E-state index contributed by atoms with van der Waals surface area (Å²) in [5.41, 5.74) is 2.87. The molecule has 0 bridgehead atoms. The average Bonchev–Trinajstić information content (AvgIpc) is 3.14. The summed E-state index contributed by atoms with van der Waals surface area (Å²) in [6, 6.07) is 2.73. The monoisotopic (exact) mass is 289 g/mol. The van der Waals surface area contributed by atoms with Gasteiger partial charge in [0.15, 0.2) is 0 Å². The molecule has 2 heterocycles. The van der Waals surface area contributed by atoms with E-state index in [1.165, 1.54) is 29.7 Å². The van der Waals surface area contributed by atoms with E-state index >= 15 is 0 Å². The fourth-order valence-corrected chi connectivity index (χ4v) is 4.23. The fraction of sp³-hybridized carbons (Fsp3) is 0.562. The van der Waals surface area contributed by atoms with E-state index in [2.05, 4.69) is 36.5 Å². The van der Waals surface area contributed by atoms with Crippen LogP contribution in [0, 0.1) is 0 Å². The number of aromatic nitrogens is 2. The van der Waals surface area contributed by atoms with Crippen LogP contribution in [0.4, 0.5) is 0 Å². The average molecular weight is 289 g/mol. The first-order valence-electron chi connectivity index (χ1n) is 7.69. The molecule has 4 heteroatoms. The number of rotatable bonds is 6. The second kappa shape index (κ2) is 6.10. The molecule has 1 atom stereocenters. The second-order valence-corrected chi connectivity index (χ2v) is 6.64. The molecule has 0 aliphatic heterocycles. The molecule has 0 saturated heterocycles. The highest BCUT2D eigenvalue weighted by Gasteiger charge is 2.22. The molecule has 0 aromatic carbocycles. The van der Waals surface area contributed by atoms with Crippen molar-refractivity contribution in [3.8, 4) is 0 Å². The normalized spacial score (nSPS) is 15.5. The Balaban J connectivity index is 1.88. The van der Waals surface area contributed by atoms with Crippen LogP contribution in [0.5, 0.6) is 0 Å². The van der Waals surface area contributed by atoms with Crippen LogP contribution in [0.15, 0.2) is 18.5 Å². The highest BCUT2D eigenvalue weighted by Crippen LogP contribution is 2.36. The first-order valence-corrected chi connectivity index (χ1v) is 8.50. The SMILES string of the molecule is CCCNC(c1cnn(CC)c1)c1cc2c(s1)CCC2. The summed E-state index contributed by atoms with van der Waals surface area (Å²) in [5, 5.41) is 8.12. The quantitative estimate of drug-likeness (QED) is 0.881. The van der Waals surface area contributed by atoms with Crippen molar-refractivity contribution in [1.82, 2.24) is 15.1 Å². The van der Waals surface area contributed by atoms with Crippen molar-refractivity contribution in [2.24, 2.45) is 0 Å². The molecule has 1 aliphatic rings. The summed E-state index contributed by atoms with van der Waals surface area (Å²) in [6.45, 7) is 6.32. The summed E-state index contributed by atoms with van der Waals surface area (Å²) in [7, 11) is 0. The summed E-state index contributed by atoms with van der Waals surface area (Å²) in [6.07, 6.45) is 9.22. The lowest BCUT2D eigenvalue weighted by atomic mass is 10.1. The zero-order chi connectivity index (χ0) is 13.9. The molecule has 2 aromatic heterocycles. The summed E-state index contributed by atoms with van der Waals surface area (Å²) in [4.78, 5) is 3.06. The van der Waals surface area contributed by atoms with Crippen LogP contribution in [0.25, 0.3) is 0 Å². The maximum Gasteiger partial charge on any atom is 0.0702 e. The van der Waals surface area contributed by atoms with E-state index < -0.39 is 0 Å². The lowest BCUT2D eigenvalue weighted by Gasteiger charge is -2.15. The van der Waals surface area contributed by atoms with Crippen LogP contribution < -0.4 is 5.32 Å². The minimum Gasteiger partial charge on any atom is -0.306 e. The third-order valence-electron chi connectivity index (χ3n) is 3.96. The zero-order valence-corrected chi connectivity index (χ0v) is 13.2. The Morgan fingerprint density at radius 3 is 3.00 bits per heavy atom. The van der Waals surface area contributed by atoms with Gasteiger partial charge in [0.1, 0.15) is 0 Å². The van der Waals surface area contributed by atoms with Crippen LogP contribution in [-0.2, 0) is 19.4 Å². The maximum atomic E-state index is 4.43. The highest BCUT2D eigenvalue weighted by molar-refractivity contribution is 7.12. The van der Waals surface area contributed by atoms with Gasteiger partial charge in [-0.2, -0.15) is 5.10 Å². The van der Waals surface area contributed by atoms with Gasteiger partial charge in [0.05, 0.1) is 12.2 Å². The van der Waals surface area contributed by atoms with Gasteiger partial charge in [-0.15, -0.1) is 11.3 Å². The first kappa shape index (κ1) is 13.8. The minimum absolute atomic E-state index is 0.311. The summed E-state index contributed by atoms with van der Waals surface area (Å²) < 4.78 is 2.01. The third-order valence-corrected chi connectivity index (χ3v) is 5.26. The molecule has 3 rings (SSSR count). The van der Waals surface area contributed by atoms with Crippen molar-refractivity contribution in [2.45, 2.75) is 52.1 Å². The number of nitrogens with zero attached hydrogens (tertiary/aromatic N) is 2. The van der Waals surface area contributed by atoms with E-state index in [0.29, 0.717) is 6.04 Å². The van der Waals surface area contributed by atoms with E-state index in [9.17, 15) is 0 Å². The van der Waals surface area contributed by atoms with E-state index in [-0.39, 0.29) is 0 Å². The van der Waals surface area contributed by atoms with Crippen LogP contribution in [0.1, 0.15) is 53.6 Å². The molecular formula is C16H23N3S. The van der Waals surface area contributed by atoms with Crippen LogP contribution in [0.2, 0.25) is 0 Å². The lowest BCUT2D eigenvalue weighted by Crippen LogP contribution is -2.22. The number of hydrogen-bond acceptors (Lipinski definition) is 3. The first-order chi connectivity index (χ1) is 9.81. The van der Waals surface area contributed by atoms with Gasteiger partial charge in [0, 0.05) is 28.1 Å². The molecule has 0 fully saturated rings. The Bertz CT molecular complexity index is 549. The van der Waals surface area contributed by atoms with E-state index in [4.69, 9.17) is 0 Å². The highest BCUT2D eigenvalue weighted by atomic mass is 32.1. The number of fused-ring (bicyclic) bond motifs is 1. The van der Waals surface area contributed by atoms with E-state index in [1.807, 2.05) is 22.2 Å². The number of aryl methyl sites for hydroxylation is 3. The molecule has 1 aliphatic carbocycles. The van der Waals surface area contributed by atoms with Crippen molar-refractivity contribution in [1.29, 1.82) is 0 Å². The van der Waals surface area contributed by atoms with E-state index in [1.54, 1.807) is 10.4 Å². The maximum absolute atomic E-state index is 4.43. The molecule has 1 N–H and O–H groups in total. The van der Waals surface area contributed by atoms with Crippen molar-refractivity contribution in [2.75, 3.05) is 6.54 Å². The Morgan fingerprint density at radius 2 is 2.30 bits per heavy atom. The molecule has 20 heavy (non-hydrogen) atoms. The molecular weight excluding hydrogens is 266 g/mol. The molecule has 0 spiro atoms. The summed E-state index contributed by atoms with van der Waals surface area (Å²) >= 11 is 1.99. The standard InChI is InChI=1S/C16H23N3S/c1-3-8-17-16(13-10-18-19(4-2)11-13)15-9-12-6-5-7-14(12)20-15/h9-11,16-17H,3-8H2,1-2H3. The second-order valence-electron chi connectivity index (χ2n) is 5.47. The van der Waals surface area contributed by atoms with Crippen molar-refractivity contribution in [3.63, 3.8) is 0 Å². The minimum atomic E-state index is 0.311. The van der Waals surface area contributed by atoms with Gasteiger partial charge >= 0.3 is 0 Å².